The molecule has 1 aromatic heterocycles. The fraction of sp³-hybridized carbons (Fsp3) is 0.333. The van der Waals surface area contributed by atoms with E-state index in [-0.39, 0.29) is 0 Å². The molecule has 1 heterocycles. The number of rotatable bonds is 7. The Morgan fingerprint density at radius 3 is 2.27 bits per heavy atom. The van der Waals surface area contributed by atoms with E-state index in [1.165, 1.54) is 0 Å². The van der Waals surface area contributed by atoms with E-state index in [0.29, 0.717) is 41.8 Å². The van der Waals surface area contributed by atoms with Crippen LogP contribution in [0.15, 0.2) is 24.3 Å². The van der Waals surface area contributed by atoms with Crippen LogP contribution in [0.3, 0.4) is 0 Å². The van der Waals surface area contributed by atoms with Crippen molar-refractivity contribution in [1.82, 2.24) is 10.2 Å². The number of nitrogens with two attached hydrogens (primary N) is 1. The molecule has 0 spiro atoms. The van der Waals surface area contributed by atoms with Crippen molar-refractivity contribution in [3.63, 3.8) is 0 Å². The molecule has 0 bridgehead atoms. The van der Waals surface area contributed by atoms with Gasteiger partial charge in [0.25, 0.3) is 0 Å². The van der Waals surface area contributed by atoms with E-state index in [1.54, 1.807) is 27.4 Å². The van der Waals surface area contributed by atoms with Crippen LogP contribution in [-0.2, 0) is 0 Å². The van der Waals surface area contributed by atoms with Crippen molar-refractivity contribution in [2.24, 2.45) is 5.73 Å². The first-order valence-corrected chi connectivity index (χ1v) is 6.82. The molecule has 2 rings (SSSR count). The fourth-order valence-electron chi connectivity index (χ4n) is 2.07. The quantitative estimate of drug-likeness (QED) is 0.801. The van der Waals surface area contributed by atoms with Gasteiger partial charge < -0.3 is 25.3 Å². The summed E-state index contributed by atoms with van der Waals surface area (Å²) in [4.78, 5) is 0. The number of ether oxygens (including phenoxy) is 3. The normalized spacial score (nSPS) is 10.2. The molecule has 0 saturated carbocycles. The van der Waals surface area contributed by atoms with Crippen LogP contribution in [0.4, 0.5) is 5.82 Å². The van der Waals surface area contributed by atoms with Crippen LogP contribution >= 0.6 is 0 Å². The second-order valence-electron chi connectivity index (χ2n) is 4.40. The first-order valence-electron chi connectivity index (χ1n) is 6.82. The highest BCUT2D eigenvalue weighted by Crippen LogP contribution is 2.43. The molecule has 0 aliphatic heterocycles. The molecule has 0 fully saturated rings. The summed E-state index contributed by atoms with van der Waals surface area (Å²) in [6, 6.07) is 7.36. The molecule has 2 aromatic rings. The van der Waals surface area contributed by atoms with Gasteiger partial charge in [-0.1, -0.05) is 0 Å². The number of benzene rings is 1. The van der Waals surface area contributed by atoms with Gasteiger partial charge in [0.15, 0.2) is 11.5 Å². The second kappa shape index (κ2) is 7.46. The summed E-state index contributed by atoms with van der Waals surface area (Å²) in [5, 5.41) is 11.4. The molecule has 0 aliphatic carbocycles. The number of methoxy groups -OCH3 is 3. The minimum atomic E-state index is 0.523. The highest BCUT2D eigenvalue weighted by Gasteiger charge is 2.17. The van der Waals surface area contributed by atoms with Crippen LogP contribution < -0.4 is 25.3 Å². The van der Waals surface area contributed by atoms with Gasteiger partial charge in [0.1, 0.15) is 5.82 Å². The Morgan fingerprint density at radius 1 is 0.955 bits per heavy atom. The summed E-state index contributed by atoms with van der Waals surface area (Å²) in [6.07, 6.45) is 0. The van der Waals surface area contributed by atoms with Crippen molar-refractivity contribution in [2.45, 2.75) is 0 Å². The first-order chi connectivity index (χ1) is 10.7. The number of hydrogen-bond acceptors (Lipinski definition) is 7. The van der Waals surface area contributed by atoms with E-state index in [9.17, 15) is 0 Å². The lowest BCUT2D eigenvalue weighted by atomic mass is 10.1. The van der Waals surface area contributed by atoms with Gasteiger partial charge in [0, 0.05) is 18.7 Å². The molecule has 0 amide bonds. The predicted octanol–water partition coefficient (Wildman–Crippen LogP) is 1.54. The number of nitrogens with one attached hydrogen (secondary N) is 1. The van der Waals surface area contributed by atoms with Crippen molar-refractivity contribution in [1.29, 1.82) is 0 Å². The zero-order chi connectivity index (χ0) is 15.9. The lowest BCUT2D eigenvalue weighted by molar-refractivity contribution is 0.325. The summed E-state index contributed by atoms with van der Waals surface area (Å²) in [5.41, 5.74) is 6.89. The highest BCUT2D eigenvalue weighted by molar-refractivity contribution is 5.74. The third kappa shape index (κ3) is 3.20. The van der Waals surface area contributed by atoms with Gasteiger partial charge in [-0.25, -0.2) is 0 Å². The standard InChI is InChI=1S/C15H20N4O3/c1-20-12-6-4-10(14(21-2)15(12)22-3)11-5-7-13(19-18-11)17-9-8-16/h4-7H,8-9,16H2,1-3H3,(H,17,19). The monoisotopic (exact) mass is 304 g/mol. The Hall–Kier alpha value is -2.54. The molecule has 0 radical (unpaired) electrons. The van der Waals surface area contributed by atoms with Crippen molar-refractivity contribution in [3.05, 3.63) is 24.3 Å². The molecule has 118 valence electrons. The molecule has 0 saturated heterocycles. The molecule has 0 aliphatic rings. The van der Waals surface area contributed by atoms with Gasteiger partial charge in [0.2, 0.25) is 5.75 Å². The molecule has 3 N–H and O–H groups in total. The molecule has 0 atom stereocenters. The number of nitrogens with zero attached hydrogens (tertiary/aromatic N) is 2. The Bertz CT molecular complexity index is 617. The van der Waals surface area contributed by atoms with Crippen LogP contribution in [0, 0.1) is 0 Å². The van der Waals surface area contributed by atoms with Crippen molar-refractivity contribution >= 4 is 5.82 Å². The molecule has 7 nitrogen and oxygen atoms in total. The largest absolute Gasteiger partial charge is 0.493 e. The molecule has 7 heteroatoms. The van der Waals surface area contributed by atoms with E-state index < -0.39 is 0 Å². The maximum absolute atomic E-state index is 5.45. The lowest BCUT2D eigenvalue weighted by Crippen LogP contribution is -2.14. The van der Waals surface area contributed by atoms with Gasteiger partial charge in [0.05, 0.1) is 27.0 Å². The molecule has 22 heavy (non-hydrogen) atoms. The Morgan fingerprint density at radius 2 is 1.73 bits per heavy atom. The zero-order valence-corrected chi connectivity index (χ0v) is 12.9. The SMILES string of the molecule is COc1ccc(-c2ccc(NCCN)nn2)c(OC)c1OC. The van der Waals surface area contributed by atoms with Gasteiger partial charge in [-0.3, -0.25) is 0 Å². The van der Waals surface area contributed by atoms with Gasteiger partial charge in [-0.15, -0.1) is 10.2 Å². The summed E-state index contributed by atoms with van der Waals surface area (Å²) in [6.45, 7) is 1.18. The minimum absolute atomic E-state index is 0.523. The molecule has 0 unspecified atom stereocenters. The average Bonchev–Trinajstić information content (AvgIpc) is 2.58. The van der Waals surface area contributed by atoms with Crippen molar-refractivity contribution < 1.29 is 14.2 Å². The lowest BCUT2D eigenvalue weighted by Gasteiger charge is -2.15. The number of anilines is 1. The number of hydrogen-bond donors (Lipinski definition) is 2. The van der Waals surface area contributed by atoms with Crippen LogP contribution in [0.2, 0.25) is 0 Å². The summed E-state index contributed by atoms with van der Waals surface area (Å²) in [7, 11) is 4.72. The van der Waals surface area contributed by atoms with Crippen molar-refractivity contribution in [3.8, 4) is 28.5 Å². The fourth-order valence-corrected chi connectivity index (χ4v) is 2.07. The maximum Gasteiger partial charge on any atom is 0.203 e. The molecular formula is C15H20N4O3. The molecular weight excluding hydrogens is 284 g/mol. The molecule has 1 aromatic carbocycles. The summed E-state index contributed by atoms with van der Waals surface area (Å²) in [5.74, 6) is 2.35. The summed E-state index contributed by atoms with van der Waals surface area (Å²) < 4.78 is 16.1. The third-order valence-corrected chi connectivity index (χ3v) is 3.10. The first kappa shape index (κ1) is 15.8. The van der Waals surface area contributed by atoms with Gasteiger partial charge >= 0.3 is 0 Å². The zero-order valence-electron chi connectivity index (χ0n) is 12.9. The van der Waals surface area contributed by atoms with Crippen LogP contribution in [-0.4, -0.2) is 44.6 Å². The average molecular weight is 304 g/mol. The van der Waals surface area contributed by atoms with Crippen molar-refractivity contribution in [2.75, 3.05) is 39.7 Å². The maximum atomic E-state index is 5.45. The van der Waals surface area contributed by atoms with E-state index in [2.05, 4.69) is 15.5 Å². The van der Waals surface area contributed by atoms with E-state index in [0.717, 1.165) is 5.56 Å². The Kier molecular flexibility index (Phi) is 5.37. The van der Waals surface area contributed by atoms with Gasteiger partial charge in [-0.2, -0.15) is 0 Å². The van der Waals surface area contributed by atoms with Crippen LogP contribution in [0.5, 0.6) is 17.2 Å². The number of aromatic nitrogens is 2. The van der Waals surface area contributed by atoms with E-state index in [4.69, 9.17) is 19.9 Å². The third-order valence-electron chi connectivity index (χ3n) is 3.10. The Labute approximate surface area is 129 Å². The van der Waals surface area contributed by atoms with E-state index in [1.807, 2.05) is 18.2 Å². The predicted molar refractivity (Wildman–Crippen MR) is 84.7 cm³/mol. The Balaban J connectivity index is 2.39. The second-order valence-corrected chi connectivity index (χ2v) is 4.40. The minimum Gasteiger partial charge on any atom is -0.493 e. The van der Waals surface area contributed by atoms with Crippen LogP contribution in [0.25, 0.3) is 11.3 Å². The topological polar surface area (TPSA) is 91.5 Å². The van der Waals surface area contributed by atoms with E-state index >= 15 is 0 Å². The summed E-state index contributed by atoms with van der Waals surface area (Å²) >= 11 is 0. The smallest absolute Gasteiger partial charge is 0.203 e. The van der Waals surface area contributed by atoms with Crippen LogP contribution in [0.1, 0.15) is 0 Å². The van der Waals surface area contributed by atoms with Gasteiger partial charge in [-0.05, 0) is 24.3 Å². The highest BCUT2D eigenvalue weighted by atomic mass is 16.5.